The number of nitrogens with one attached hydrogen (secondary N) is 1. The quantitative estimate of drug-likeness (QED) is 0.713. The van der Waals surface area contributed by atoms with Crippen molar-refractivity contribution in [2.24, 2.45) is 0 Å². The van der Waals surface area contributed by atoms with Crippen LogP contribution in [0.4, 0.5) is 9.52 Å². The number of fused-ring (bicyclic) bond motifs is 1. The van der Waals surface area contributed by atoms with Crippen LogP contribution in [0.1, 0.15) is 21.0 Å². The Bertz CT molecular complexity index is 828. The number of hydrogen-bond acceptors (Lipinski definition) is 6. The number of halogens is 1. The molecule has 130 valence electrons. The minimum absolute atomic E-state index is 0.212. The molecule has 1 N–H and O–H groups in total. The number of thiophene rings is 1. The molecule has 1 aromatic carbocycles. The van der Waals surface area contributed by atoms with Gasteiger partial charge < -0.3 is 5.32 Å². The maximum Gasteiger partial charge on any atom is 0.205 e. The highest BCUT2D eigenvalue weighted by Crippen LogP contribution is 2.24. The van der Waals surface area contributed by atoms with Crippen molar-refractivity contribution in [1.82, 2.24) is 15.1 Å². The minimum Gasteiger partial charge on any atom is -0.359 e. The summed E-state index contributed by atoms with van der Waals surface area (Å²) in [7, 11) is 0. The van der Waals surface area contributed by atoms with Gasteiger partial charge in [-0.3, -0.25) is 4.90 Å². The molecule has 7 heteroatoms. The molecule has 0 aliphatic carbocycles. The smallest absolute Gasteiger partial charge is 0.205 e. The molecule has 4 nitrogen and oxygen atoms in total. The molecule has 0 amide bonds. The Hall–Kier alpha value is -1.83. The third kappa shape index (κ3) is 4.23. The van der Waals surface area contributed by atoms with E-state index in [0.717, 1.165) is 48.3 Å². The van der Waals surface area contributed by atoms with Gasteiger partial charge in [0.05, 0.1) is 0 Å². The SMILES string of the molecule is Fc1ccc(Cc2nnc(NCCN3CCc4sccc4C3)s2)cc1. The van der Waals surface area contributed by atoms with Gasteiger partial charge in [0.15, 0.2) is 0 Å². The third-order valence-corrected chi connectivity index (χ3v) is 6.23. The predicted octanol–water partition coefficient (Wildman–Crippen LogP) is 3.80. The molecule has 25 heavy (non-hydrogen) atoms. The third-order valence-electron chi connectivity index (χ3n) is 4.33. The van der Waals surface area contributed by atoms with Gasteiger partial charge in [-0.1, -0.05) is 23.5 Å². The molecular formula is C18H19FN4S2. The first-order valence-electron chi connectivity index (χ1n) is 8.34. The van der Waals surface area contributed by atoms with Crippen LogP contribution in [0.25, 0.3) is 0 Å². The lowest BCUT2D eigenvalue weighted by molar-refractivity contribution is 0.266. The van der Waals surface area contributed by atoms with Crippen LogP contribution in [0.5, 0.6) is 0 Å². The fourth-order valence-corrected chi connectivity index (χ4v) is 4.68. The molecule has 0 radical (unpaired) electrons. The van der Waals surface area contributed by atoms with E-state index >= 15 is 0 Å². The fourth-order valence-electron chi connectivity index (χ4n) is 2.99. The van der Waals surface area contributed by atoms with Crippen molar-refractivity contribution in [3.05, 3.63) is 62.5 Å². The number of anilines is 1. The summed E-state index contributed by atoms with van der Waals surface area (Å²) in [6.45, 7) is 4.04. The molecule has 0 unspecified atom stereocenters. The normalized spacial score (nSPS) is 14.4. The zero-order valence-electron chi connectivity index (χ0n) is 13.7. The van der Waals surface area contributed by atoms with Gasteiger partial charge in [0, 0.05) is 37.5 Å². The molecule has 0 spiro atoms. The first kappa shape index (κ1) is 16.6. The Morgan fingerprint density at radius 3 is 2.92 bits per heavy atom. The maximum atomic E-state index is 12.9. The number of rotatable bonds is 6. The Kier molecular flexibility index (Phi) is 5.05. The summed E-state index contributed by atoms with van der Waals surface area (Å²) in [6, 6.07) is 8.78. The number of nitrogens with zero attached hydrogens (tertiary/aromatic N) is 3. The van der Waals surface area contributed by atoms with Crippen LogP contribution in [0, 0.1) is 5.82 Å². The predicted molar refractivity (Wildman–Crippen MR) is 101 cm³/mol. The van der Waals surface area contributed by atoms with Gasteiger partial charge in [0.1, 0.15) is 10.8 Å². The van der Waals surface area contributed by atoms with Gasteiger partial charge in [-0.05, 0) is 41.1 Å². The largest absolute Gasteiger partial charge is 0.359 e. The van der Waals surface area contributed by atoms with Gasteiger partial charge in [-0.2, -0.15) is 0 Å². The van der Waals surface area contributed by atoms with E-state index in [1.807, 2.05) is 11.3 Å². The summed E-state index contributed by atoms with van der Waals surface area (Å²) in [5.41, 5.74) is 2.53. The summed E-state index contributed by atoms with van der Waals surface area (Å²) in [6.07, 6.45) is 1.85. The Morgan fingerprint density at radius 1 is 1.16 bits per heavy atom. The van der Waals surface area contributed by atoms with Crippen molar-refractivity contribution in [3.8, 4) is 0 Å². The van der Waals surface area contributed by atoms with Crippen molar-refractivity contribution in [2.45, 2.75) is 19.4 Å². The monoisotopic (exact) mass is 374 g/mol. The first-order chi connectivity index (χ1) is 12.3. The van der Waals surface area contributed by atoms with Crippen molar-refractivity contribution in [2.75, 3.05) is 25.0 Å². The molecule has 2 aromatic heterocycles. The molecule has 4 rings (SSSR count). The van der Waals surface area contributed by atoms with Crippen molar-refractivity contribution < 1.29 is 4.39 Å². The highest BCUT2D eigenvalue weighted by molar-refractivity contribution is 7.15. The molecule has 0 saturated carbocycles. The molecule has 3 heterocycles. The number of aromatic nitrogens is 2. The average molecular weight is 375 g/mol. The van der Waals surface area contributed by atoms with Crippen LogP contribution in [-0.4, -0.2) is 34.7 Å². The topological polar surface area (TPSA) is 41.1 Å². The Labute approximate surface area is 154 Å². The van der Waals surface area contributed by atoms with Gasteiger partial charge in [0.25, 0.3) is 0 Å². The molecular weight excluding hydrogens is 355 g/mol. The molecule has 1 aliphatic heterocycles. The summed E-state index contributed by atoms with van der Waals surface area (Å²) in [5.74, 6) is -0.212. The van der Waals surface area contributed by atoms with E-state index < -0.39 is 0 Å². The molecule has 0 saturated heterocycles. The van der Waals surface area contributed by atoms with Gasteiger partial charge in [0.2, 0.25) is 5.13 Å². The van der Waals surface area contributed by atoms with Crippen LogP contribution in [0.2, 0.25) is 0 Å². The van der Waals surface area contributed by atoms with Crippen LogP contribution in [-0.2, 0) is 19.4 Å². The Balaban J connectivity index is 1.25. The molecule has 0 atom stereocenters. The van der Waals surface area contributed by atoms with Crippen molar-refractivity contribution >= 4 is 27.8 Å². The van der Waals surface area contributed by atoms with E-state index in [1.54, 1.807) is 28.3 Å². The van der Waals surface area contributed by atoms with Crippen molar-refractivity contribution in [1.29, 1.82) is 0 Å². The van der Waals surface area contributed by atoms with E-state index in [-0.39, 0.29) is 5.82 Å². The van der Waals surface area contributed by atoms with E-state index in [0.29, 0.717) is 6.42 Å². The minimum atomic E-state index is -0.212. The highest BCUT2D eigenvalue weighted by atomic mass is 32.1. The number of benzene rings is 1. The van der Waals surface area contributed by atoms with E-state index in [9.17, 15) is 4.39 Å². The highest BCUT2D eigenvalue weighted by Gasteiger charge is 2.16. The summed E-state index contributed by atoms with van der Waals surface area (Å²) in [4.78, 5) is 4.02. The first-order valence-corrected chi connectivity index (χ1v) is 10.0. The van der Waals surface area contributed by atoms with E-state index in [4.69, 9.17) is 0 Å². The van der Waals surface area contributed by atoms with Crippen molar-refractivity contribution in [3.63, 3.8) is 0 Å². The lowest BCUT2D eigenvalue weighted by Crippen LogP contribution is -2.33. The second-order valence-corrected chi connectivity index (χ2v) is 8.19. The fraction of sp³-hybridized carbons (Fsp3) is 0.333. The summed E-state index contributed by atoms with van der Waals surface area (Å²) < 4.78 is 12.9. The van der Waals surface area contributed by atoms with Crippen LogP contribution in [0.15, 0.2) is 35.7 Å². The van der Waals surface area contributed by atoms with Gasteiger partial charge >= 0.3 is 0 Å². The molecule has 1 aliphatic rings. The second-order valence-electron chi connectivity index (χ2n) is 6.13. The lowest BCUT2D eigenvalue weighted by Gasteiger charge is -2.26. The van der Waals surface area contributed by atoms with E-state index in [2.05, 4.69) is 31.9 Å². The average Bonchev–Trinajstić information content (AvgIpc) is 3.26. The van der Waals surface area contributed by atoms with Crippen LogP contribution < -0.4 is 5.32 Å². The second kappa shape index (κ2) is 7.59. The Morgan fingerprint density at radius 2 is 2.04 bits per heavy atom. The lowest BCUT2D eigenvalue weighted by atomic mass is 10.1. The molecule has 0 fully saturated rings. The molecule has 3 aromatic rings. The summed E-state index contributed by atoms with van der Waals surface area (Å²) >= 11 is 3.44. The zero-order chi connectivity index (χ0) is 17.1. The number of hydrogen-bond donors (Lipinski definition) is 1. The summed E-state index contributed by atoms with van der Waals surface area (Å²) in [5, 5.41) is 15.8. The van der Waals surface area contributed by atoms with E-state index in [1.165, 1.54) is 17.7 Å². The zero-order valence-corrected chi connectivity index (χ0v) is 15.4. The molecule has 0 bridgehead atoms. The van der Waals surface area contributed by atoms with Gasteiger partial charge in [-0.15, -0.1) is 21.5 Å². The van der Waals surface area contributed by atoms with Crippen LogP contribution in [0.3, 0.4) is 0 Å². The maximum absolute atomic E-state index is 12.9. The van der Waals surface area contributed by atoms with Crippen LogP contribution >= 0.6 is 22.7 Å². The standard InChI is InChI=1S/C18H19FN4S2/c19-15-3-1-13(2-4-15)11-17-21-22-18(25-17)20-7-9-23-8-5-16-14(12-23)6-10-24-16/h1-4,6,10H,5,7-9,11-12H2,(H,20,22). The van der Waals surface area contributed by atoms with Gasteiger partial charge in [-0.25, -0.2) is 4.39 Å².